The van der Waals surface area contributed by atoms with Crippen molar-refractivity contribution in [2.45, 2.75) is 13.0 Å². The minimum atomic E-state index is -0.414. The van der Waals surface area contributed by atoms with Crippen LogP contribution in [0.25, 0.3) is 0 Å². The highest BCUT2D eigenvalue weighted by molar-refractivity contribution is 4.41. The second-order valence-corrected chi connectivity index (χ2v) is 3.14. The van der Waals surface area contributed by atoms with Crippen LogP contribution in [0.2, 0.25) is 0 Å². The van der Waals surface area contributed by atoms with E-state index in [1.165, 1.54) is 0 Å². The van der Waals surface area contributed by atoms with E-state index in [1.807, 2.05) is 0 Å². The Morgan fingerprint density at radius 1 is 0.867 bits per heavy atom. The molecule has 92 valence electrons. The topological polar surface area (TPSA) is 57.2 Å². The molecule has 0 radical (unpaired) electrons. The van der Waals surface area contributed by atoms with Crippen LogP contribution in [-0.4, -0.2) is 64.6 Å². The molecule has 0 bridgehead atoms. The summed E-state index contributed by atoms with van der Waals surface area (Å²) in [7, 11) is 1.64. The number of rotatable bonds is 11. The highest BCUT2D eigenvalue weighted by Gasteiger charge is 1.95. The maximum atomic E-state index is 8.88. The van der Waals surface area contributed by atoms with Crippen LogP contribution < -0.4 is 0 Å². The van der Waals surface area contributed by atoms with Gasteiger partial charge < -0.3 is 24.1 Å². The number of ether oxygens (including phenoxy) is 4. The van der Waals surface area contributed by atoms with Gasteiger partial charge in [-0.3, -0.25) is 0 Å². The van der Waals surface area contributed by atoms with Crippen molar-refractivity contribution in [1.29, 1.82) is 0 Å². The van der Waals surface area contributed by atoms with Crippen molar-refractivity contribution in [3.05, 3.63) is 0 Å². The van der Waals surface area contributed by atoms with Gasteiger partial charge in [-0.05, 0) is 6.92 Å². The normalized spacial score (nSPS) is 13.0. The van der Waals surface area contributed by atoms with E-state index in [9.17, 15) is 0 Å². The summed E-state index contributed by atoms with van der Waals surface area (Å²) in [5.74, 6) is 0. The Labute approximate surface area is 91.3 Å². The van der Waals surface area contributed by atoms with Gasteiger partial charge in [0.1, 0.15) is 0 Å². The third kappa shape index (κ3) is 13.8. The van der Waals surface area contributed by atoms with Crippen LogP contribution >= 0.6 is 0 Å². The van der Waals surface area contributed by atoms with E-state index < -0.39 is 6.10 Å². The van der Waals surface area contributed by atoms with Crippen molar-refractivity contribution in [2.24, 2.45) is 0 Å². The van der Waals surface area contributed by atoms with Gasteiger partial charge in [-0.2, -0.15) is 0 Å². The summed E-state index contributed by atoms with van der Waals surface area (Å²) < 4.78 is 20.3. The van der Waals surface area contributed by atoms with Gasteiger partial charge in [0.15, 0.2) is 0 Å². The molecule has 0 aliphatic carbocycles. The number of hydrogen-bond acceptors (Lipinski definition) is 5. The van der Waals surface area contributed by atoms with Crippen LogP contribution in [0, 0.1) is 0 Å². The molecule has 0 saturated carbocycles. The van der Waals surface area contributed by atoms with Crippen LogP contribution in [0.3, 0.4) is 0 Å². The summed E-state index contributed by atoms with van der Waals surface area (Å²) in [6.45, 7) is 5.40. The maximum absolute atomic E-state index is 8.88. The van der Waals surface area contributed by atoms with Gasteiger partial charge in [-0.25, -0.2) is 0 Å². The Hall–Kier alpha value is -0.200. The van der Waals surface area contributed by atoms with E-state index in [0.29, 0.717) is 46.2 Å². The van der Waals surface area contributed by atoms with Gasteiger partial charge in [0, 0.05) is 7.11 Å². The van der Waals surface area contributed by atoms with Crippen LogP contribution in [-0.2, 0) is 18.9 Å². The molecular weight excluding hydrogens is 200 g/mol. The van der Waals surface area contributed by atoms with Gasteiger partial charge in [0.25, 0.3) is 0 Å². The molecule has 0 unspecified atom stereocenters. The second-order valence-electron chi connectivity index (χ2n) is 3.14. The van der Waals surface area contributed by atoms with Gasteiger partial charge >= 0.3 is 0 Å². The van der Waals surface area contributed by atoms with Crippen molar-refractivity contribution in [1.82, 2.24) is 0 Å². The molecule has 0 saturated heterocycles. The average molecular weight is 222 g/mol. The lowest BCUT2D eigenvalue weighted by Crippen LogP contribution is -2.15. The zero-order chi connectivity index (χ0) is 11.4. The third-order valence-electron chi connectivity index (χ3n) is 1.53. The van der Waals surface area contributed by atoms with Gasteiger partial charge in [-0.15, -0.1) is 0 Å². The maximum Gasteiger partial charge on any atom is 0.0745 e. The fourth-order valence-corrected chi connectivity index (χ4v) is 0.836. The summed E-state index contributed by atoms with van der Waals surface area (Å²) in [4.78, 5) is 0. The smallest absolute Gasteiger partial charge is 0.0745 e. The third-order valence-corrected chi connectivity index (χ3v) is 1.53. The molecule has 0 amide bonds. The minimum absolute atomic E-state index is 0.355. The predicted molar refractivity (Wildman–Crippen MR) is 56.0 cm³/mol. The Kier molecular flexibility index (Phi) is 11.7. The zero-order valence-corrected chi connectivity index (χ0v) is 9.61. The number of aliphatic hydroxyl groups excluding tert-OH is 1. The van der Waals surface area contributed by atoms with Crippen LogP contribution in [0.4, 0.5) is 0 Å². The Morgan fingerprint density at radius 3 is 1.80 bits per heavy atom. The molecule has 0 rings (SSSR count). The van der Waals surface area contributed by atoms with Crippen LogP contribution in [0.15, 0.2) is 0 Å². The fraction of sp³-hybridized carbons (Fsp3) is 1.00. The highest BCUT2D eigenvalue weighted by Crippen LogP contribution is 1.84. The summed E-state index contributed by atoms with van der Waals surface area (Å²) in [6.07, 6.45) is -0.414. The highest BCUT2D eigenvalue weighted by atomic mass is 16.6. The second kappa shape index (κ2) is 11.9. The lowest BCUT2D eigenvalue weighted by atomic mass is 10.4. The molecular formula is C10H22O5. The van der Waals surface area contributed by atoms with E-state index in [2.05, 4.69) is 0 Å². The molecule has 5 heteroatoms. The van der Waals surface area contributed by atoms with Crippen molar-refractivity contribution < 1.29 is 24.1 Å². The average Bonchev–Trinajstić information content (AvgIpc) is 2.20. The Balaban J connectivity index is 2.87. The molecule has 0 heterocycles. The van der Waals surface area contributed by atoms with E-state index in [4.69, 9.17) is 24.1 Å². The van der Waals surface area contributed by atoms with Crippen molar-refractivity contribution in [3.63, 3.8) is 0 Å². The van der Waals surface area contributed by atoms with Gasteiger partial charge in [0.05, 0.1) is 52.4 Å². The van der Waals surface area contributed by atoms with Crippen LogP contribution in [0.1, 0.15) is 6.92 Å². The molecule has 0 aliphatic rings. The summed E-state index contributed by atoms with van der Waals surface area (Å²) in [5.41, 5.74) is 0. The van der Waals surface area contributed by atoms with Gasteiger partial charge in [0.2, 0.25) is 0 Å². The molecule has 5 nitrogen and oxygen atoms in total. The standard InChI is InChI=1S/C10H22O5/c1-10(11)9-15-8-7-14-6-5-13-4-3-12-2/h10-11H,3-9H2,1-2H3/t10-/m0/s1. The van der Waals surface area contributed by atoms with Crippen molar-refractivity contribution in [3.8, 4) is 0 Å². The van der Waals surface area contributed by atoms with E-state index in [-0.39, 0.29) is 0 Å². The quantitative estimate of drug-likeness (QED) is 0.501. The number of methoxy groups -OCH3 is 1. The Bertz CT molecular complexity index is 118. The first kappa shape index (κ1) is 14.8. The zero-order valence-electron chi connectivity index (χ0n) is 9.61. The molecule has 1 atom stereocenters. The monoisotopic (exact) mass is 222 g/mol. The summed E-state index contributed by atoms with van der Waals surface area (Å²) >= 11 is 0. The largest absolute Gasteiger partial charge is 0.391 e. The van der Waals surface area contributed by atoms with E-state index in [1.54, 1.807) is 14.0 Å². The van der Waals surface area contributed by atoms with E-state index >= 15 is 0 Å². The number of aliphatic hydroxyl groups is 1. The lowest BCUT2D eigenvalue weighted by molar-refractivity contribution is -0.0112. The first-order chi connectivity index (χ1) is 7.27. The van der Waals surface area contributed by atoms with Crippen molar-refractivity contribution in [2.75, 3.05) is 53.4 Å². The lowest BCUT2D eigenvalue weighted by Gasteiger charge is -2.07. The summed E-state index contributed by atoms with van der Waals surface area (Å²) in [5, 5.41) is 8.88. The van der Waals surface area contributed by atoms with Gasteiger partial charge in [-0.1, -0.05) is 0 Å². The minimum Gasteiger partial charge on any atom is -0.391 e. The molecule has 0 aliphatic heterocycles. The first-order valence-electron chi connectivity index (χ1n) is 5.17. The molecule has 0 spiro atoms. The van der Waals surface area contributed by atoms with Crippen molar-refractivity contribution >= 4 is 0 Å². The summed E-state index contributed by atoms with van der Waals surface area (Å²) in [6, 6.07) is 0. The Morgan fingerprint density at radius 2 is 1.33 bits per heavy atom. The molecule has 1 N–H and O–H groups in total. The van der Waals surface area contributed by atoms with E-state index in [0.717, 1.165) is 0 Å². The number of hydrogen-bond donors (Lipinski definition) is 1. The SMILES string of the molecule is COCCOCCOCCOC[C@H](C)O. The molecule has 0 fully saturated rings. The molecule has 0 aromatic heterocycles. The fourth-order valence-electron chi connectivity index (χ4n) is 0.836. The van der Waals surface area contributed by atoms with Crippen LogP contribution in [0.5, 0.6) is 0 Å². The first-order valence-corrected chi connectivity index (χ1v) is 5.17. The molecule has 0 aromatic rings. The molecule has 0 aromatic carbocycles. The predicted octanol–water partition coefficient (Wildman–Crippen LogP) is 0.0634. The molecule has 15 heavy (non-hydrogen) atoms.